The molecule has 0 aromatic carbocycles. The van der Waals surface area contributed by atoms with Crippen molar-refractivity contribution in [3.8, 4) is 0 Å². The number of aromatic nitrogens is 3. The summed E-state index contributed by atoms with van der Waals surface area (Å²) in [5, 5.41) is 6.57. The number of carbonyl (C=O) groups excluding carboxylic acids is 1. The Morgan fingerprint density at radius 1 is 1.35 bits per heavy atom. The van der Waals surface area contributed by atoms with Crippen LogP contribution >= 0.6 is 0 Å². The highest BCUT2D eigenvalue weighted by Crippen LogP contribution is 2.24. The van der Waals surface area contributed by atoms with Gasteiger partial charge in [-0.1, -0.05) is 12.1 Å². The molecule has 3 heterocycles. The summed E-state index contributed by atoms with van der Waals surface area (Å²) in [6.07, 6.45) is 7.37. The zero-order valence-corrected chi connectivity index (χ0v) is 13.1. The zero-order chi connectivity index (χ0) is 16.1. The monoisotopic (exact) mass is 316 g/mol. The smallest absolute Gasteiger partial charge is 0.290 e. The third-order valence-electron chi connectivity index (χ3n) is 3.79. The molecule has 23 heavy (non-hydrogen) atoms. The Morgan fingerprint density at radius 3 is 2.83 bits per heavy atom. The maximum atomic E-state index is 12.0. The van der Waals surface area contributed by atoms with Gasteiger partial charge in [0.15, 0.2) is 5.82 Å². The van der Waals surface area contributed by atoms with Crippen LogP contribution < -0.4 is 5.32 Å². The molecule has 7 heteroatoms. The minimum atomic E-state index is -0.295. The molecule has 1 atom stereocenters. The second-order valence-electron chi connectivity index (χ2n) is 5.52. The van der Waals surface area contributed by atoms with Crippen molar-refractivity contribution in [3.63, 3.8) is 0 Å². The molecule has 2 aromatic heterocycles. The molecule has 1 aliphatic rings. The van der Waals surface area contributed by atoms with Crippen LogP contribution in [0.4, 0.5) is 0 Å². The summed E-state index contributed by atoms with van der Waals surface area (Å²) in [5.41, 5.74) is 1.59. The van der Waals surface area contributed by atoms with Gasteiger partial charge < -0.3 is 14.6 Å². The van der Waals surface area contributed by atoms with Crippen molar-refractivity contribution >= 4 is 5.91 Å². The van der Waals surface area contributed by atoms with E-state index in [1.54, 1.807) is 18.5 Å². The van der Waals surface area contributed by atoms with Gasteiger partial charge in [-0.15, -0.1) is 0 Å². The van der Waals surface area contributed by atoms with Gasteiger partial charge in [-0.05, 0) is 25.7 Å². The quantitative estimate of drug-likeness (QED) is 0.909. The molecule has 1 amide bonds. The molecule has 0 saturated carbocycles. The lowest BCUT2D eigenvalue weighted by Crippen LogP contribution is -2.22. The average molecular weight is 316 g/mol. The molecule has 122 valence electrons. The molecule has 0 radical (unpaired) electrons. The lowest BCUT2D eigenvalue weighted by atomic mass is 10.1. The van der Waals surface area contributed by atoms with Crippen LogP contribution in [-0.4, -0.2) is 27.6 Å². The molecular formula is C16H20N4O3. The van der Waals surface area contributed by atoms with Gasteiger partial charge >= 0.3 is 0 Å². The fourth-order valence-corrected chi connectivity index (χ4v) is 2.42. The van der Waals surface area contributed by atoms with Crippen molar-refractivity contribution < 1.29 is 14.1 Å². The summed E-state index contributed by atoms with van der Waals surface area (Å²) >= 11 is 0. The molecule has 3 rings (SSSR count). The molecule has 1 N–H and O–H groups in total. The Hall–Kier alpha value is -2.28. The van der Waals surface area contributed by atoms with Crippen LogP contribution in [0.3, 0.4) is 0 Å². The second kappa shape index (κ2) is 7.32. The molecule has 1 fully saturated rings. The number of hydrogen-bond donors (Lipinski definition) is 1. The molecule has 0 spiro atoms. The highest BCUT2D eigenvalue weighted by atomic mass is 16.5. The zero-order valence-electron chi connectivity index (χ0n) is 13.1. The normalized spacial score (nSPS) is 17.9. The van der Waals surface area contributed by atoms with Crippen LogP contribution in [0.1, 0.15) is 59.9 Å². The number of nitrogens with zero attached hydrogens (tertiary/aromatic N) is 3. The summed E-state index contributed by atoms with van der Waals surface area (Å²) in [7, 11) is 0. The molecule has 0 aliphatic carbocycles. The topological polar surface area (TPSA) is 90.1 Å². The number of ether oxygens (including phenoxy) is 1. The average Bonchev–Trinajstić information content (AvgIpc) is 3.10. The Balaban J connectivity index is 1.54. The number of rotatable bonds is 5. The van der Waals surface area contributed by atoms with E-state index < -0.39 is 0 Å². The number of aryl methyl sites for hydroxylation is 1. The van der Waals surface area contributed by atoms with Gasteiger partial charge in [0, 0.05) is 37.2 Å². The fourth-order valence-electron chi connectivity index (χ4n) is 2.42. The molecule has 0 bridgehead atoms. The largest absolute Gasteiger partial charge is 0.370 e. The van der Waals surface area contributed by atoms with Gasteiger partial charge in [-0.3, -0.25) is 4.79 Å². The van der Waals surface area contributed by atoms with Crippen molar-refractivity contribution in [2.24, 2.45) is 0 Å². The van der Waals surface area contributed by atoms with Crippen molar-refractivity contribution in [3.05, 3.63) is 41.3 Å². The number of carbonyl (C=O) groups is 1. The predicted octanol–water partition coefficient (Wildman–Crippen LogP) is 2.20. The van der Waals surface area contributed by atoms with Crippen LogP contribution in [0.5, 0.6) is 0 Å². The Morgan fingerprint density at radius 2 is 2.17 bits per heavy atom. The van der Waals surface area contributed by atoms with Crippen molar-refractivity contribution in [1.82, 2.24) is 20.4 Å². The van der Waals surface area contributed by atoms with E-state index in [2.05, 4.69) is 20.4 Å². The minimum Gasteiger partial charge on any atom is -0.370 e. The van der Waals surface area contributed by atoms with E-state index in [1.807, 2.05) is 6.92 Å². The first kappa shape index (κ1) is 15.6. The van der Waals surface area contributed by atoms with Gasteiger partial charge in [0.05, 0.1) is 5.69 Å². The van der Waals surface area contributed by atoms with Crippen LogP contribution in [0, 0.1) is 0 Å². The van der Waals surface area contributed by atoms with E-state index in [-0.39, 0.29) is 17.8 Å². The Kier molecular flexibility index (Phi) is 4.97. The molecular weight excluding hydrogens is 296 g/mol. The molecule has 1 aliphatic heterocycles. The summed E-state index contributed by atoms with van der Waals surface area (Å²) in [4.78, 5) is 20.7. The van der Waals surface area contributed by atoms with Gasteiger partial charge in [0.25, 0.3) is 5.91 Å². The lowest BCUT2D eigenvalue weighted by Gasteiger charge is -2.21. The van der Waals surface area contributed by atoms with Gasteiger partial charge in [0.2, 0.25) is 5.76 Å². The van der Waals surface area contributed by atoms with Crippen molar-refractivity contribution in [2.45, 2.75) is 45.3 Å². The standard InChI is InChI=1S/C16H20N4O3/c1-2-12-7-14(23-20-12)16(21)19-10-11-8-17-15(18-9-11)13-5-3-4-6-22-13/h7-9,13H,2-6,10H2,1H3,(H,19,21)/t13-/m0/s1. The third-order valence-corrected chi connectivity index (χ3v) is 3.79. The van der Waals surface area contributed by atoms with Gasteiger partial charge in [-0.2, -0.15) is 0 Å². The maximum absolute atomic E-state index is 12.0. The molecule has 7 nitrogen and oxygen atoms in total. The van der Waals surface area contributed by atoms with Crippen LogP contribution in [0.2, 0.25) is 0 Å². The highest BCUT2D eigenvalue weighted by Gasteiger charge is 2.18. The number of amides is 1. The third kappa shape index (κ3) is 3.92. The van der Waals surface area contributed by atoms with E-state index in [0.29, 0.717) is 12.4 Å². The van der Waals surface area contributed by atoms with Crippen LogP contribution in [0.15, 0.2) is 23.0 Å². The first-order chi connectivity index (χ1) is 11.3. The van der Waals surface area contributed by atoms with Crippen molar-refractivity contribution in [2.75, 3.05) is 6.61 Å². The number of nitrogens with one attached hydrogen (secondary N) is 1. The van der Waals surface area contributed by atoms with E-state index in [4.69, 9.17) is 9.26 Å². The van der Waals surface area contributed by atoms with Crippen LogP contribution in [0.25, 0.3) is 0 Å². The summed E-state index contributed by atoms with van der Waals surface area (Å²) in [5.74, 6) is 0.634. The summed E-state index contributed by atoms with van der Waals surface area (Å²) in [6, 6.07) is 1.65. The Bertz CT molecular complexity index is 648. The predicted molar refractivity (Wildman–Crippen MR) is 81.6 cm³/mol. The number of hydrogen-bond acceptors (Lipinski definition) is 6. The van der Waals surface area contributed by atoms with Gasteiger partial charge in [0.1, 0.15) is 6.10 Å². The first-order valence-electron chi connectivity index (χ1n) is 7.92. The summed E-state index contributed by atoms with van der Waals surface area (Å²) in [6.45, 7) is 3.06. The van der Waals surface area contributed by atoms with E-state index >= 15 is 0 Å². The van der Waals surface area contributed by atoms with Gasteiger partial charge in [-0.25, -0.2) is 9.97 Å². The van der Waals surface area contributed by atoms with Crippen LogP contribution in [-0.2, 0) is 17.7 Å². The highest BCUT2D eigenvalue weighted by molar-refractivity contribution is 5.91. The minimum absolute atomic E-state index is 0.00551. The maximum Gasteiger partial charge on any atom is 0.290 e. The lowest BCUT2D eigenvalue weighted by molar-refractivity contribution is 0.00940. The van der Waals surface area contributed by atoms with E-state index in [1.165, 1.54) is 0 Å². The van der Waals surface area contributed by atoms with E-state index in [0.717, 1.165) is 43.5 Å². The summed E-state index contributed by atoms with van der Waals surface area (Å²) < 4.78 is 10.7. The van der Waals surface area contributed by atoms with E-state index in [9.17, 15) is 4.79 Å². The molecule has 1 saturated heterocycles. The first-order valence-corrected chi connectivity index (χ1v) is 7.92. The fraction of sp³-hybridized carbons (Fsp3) is 0.500. The van der Waals surface area contributed by atoms with Crippen molar-refractivity contribution in [1.29, 1.82) is 0 Å². The second-order valence-corrected chi connectivity index (χ2v) is 5.52. The molecule has 0 unspecified atom stereocenters. The Labute approximate surface area is 134 Å². The molecule has 2 aromatic rings. The SMILES string of the molecule is CCc1cc(C(=O)NCc2cnc([C@@H]3CCCCO3)nc2)on1.